The number of rotatable bonds is 1. The molecule has 0 radical (unpaired) electrons. The molecule has 0 aliphatic carbocycles. The average molecular weight is 272 g/mol. The molecule has 0 atom stereocenters. The molecule has 0 saturated heterocycles. The Labute approximate surface area is 114 Å². The third kappa shape index (κ3) is 2.18. The van der Waals surface area contributed by atoms with Gasteiger partial charge in [0.25, 0.3) is 0 Å². The van der Waals surface area contributed by atoms with Crippen molar-refractivity contribution >= 4 is 28.5 Å². The Morgan fingerprint density at radius 2 is 1.95 bits per heavy atom. The summed E-state index contributed by atoms with van der Waals surface area (Å²) in [5.41, 5.74) is 7.97. The molecule has 3 N–H and O–H groups in total. The highest BCUT2D eigenvalue weighted by molar-refractivity contribution is 6.33. The Morgan fingerprint density at radius 3 is 2.79 bits per heavy atom. The van der Waals surface area contributed by atoms with Gasteiger partial charge in [0.05, 0.1) is 5.52 Å². The Balaban J connectivity index is 2.20. The zero-order valence-electron chi connectivity index (χ0n) is 9.84. The molecule has 0 amide bonds. The topological polar surface area (TPSA) is 72.0 Å². The summed E-state index contributed by atoms with van der Waals surface area (Å²) in [6.45, 7) is 0. The van der Waals surface area contributed by atoms with Crippen LogP contribution in [0, 0.1) is 0 Å². The molecule has 0 fully saturated rings. The molecule has 2 aromatic carbocycles. The number of aromatic nitrogens is 2. The van der Waals surface area contributed by atoms with Crippen LogP contribution in [-0.4, -0.2) is 15.1 Å². The van der Waals surface area contributed by atoms with Gasteiger partial charge in [-0.15, -0.1) is 0 Å². The standard InChI is InChI=1S/C14H10ClN3O/c15-12-3-2-10(19)6-11(12)8-1-4-13-9(5-8)7-17-14(16)18-13/h1-7,19H,(H2,16,17,18). The first kappa shape index (κ1) is 11.7. The lowest BCUT2D eigenvalue weighted by molar-refractivity contribution is 0.475. The van der Waals surface area contributed by atoms with Gasteiger partial charge < -0.3 is 10.8 Å². The molecule has 3 rings (SSSR count). The van der Waals surface area contributed by atoms with Gasteiger partial charge in [-0.25, -0.2) is 9.97 Å². The zero-order chi connectivity index (χ0) is 13.4. The monoisotopic (exact) mass is 271 g/mol. The van der Waals surface area contributed by atoms with E-state index in [2.05, 4.69) is 9.97 Å². The highest BCUT2D eigenvalue weighted by Crippen LogP contribution is 2.32. The maximum Gasteiger partial charge on any atom is 0.220 e. The van der Waals surface area contributed by atoms with Crippen LogP contribution in [0.15, 0.2) is 42.6 Å². The number of anilines is 1. The molecule has 5 heteroatoms. The molecule has 0 unspecified atom stereocenters. The fraction of sp³-hybridized carbons (Fsp3) is 0. The second kappa shape index (κ2) is 4.40. The average Bonchev–Trinajstić information content (AvgIpc) is 2.41. The Kier molecular flexibility index (Phi) is 2.72. The summed E-state index contributed by atoms with van der Waals surface area (Å²) in [7, 11) is 0. The van der Waals surface area contributed by atoms with Gasteiger partial charge >= 0.3 is 0 Å². The van der Waals surface area contributed by atoms with Gasteiger partial charge in [-0.3, -0.25) is 0 Å². The summed E-state index contributed by atoms with van der Waals surface area (Å²) >= 11 is 6.14. The lowest BCUT2D eigenvalue weighted by Gasteiger charge is -2.06. The number of nitrogens with zero attached hydrogens (tertiary/aromatic N) is 2. The molecule has 19 heavy (non-hydrogen) atoms. The van der Waals surface area contributed by atoms with Crippen LogP contribution in [0.25, 0.3) is 22.0 Å². The van der Waals surface area contributed by atoms with Crippen molar-refractivity contribution in [3.8, 4) is 16.9 Å². The number of nitrogen functional groups attached to an aromatic ring is 1. The molecule has 0 spiro atoms. The first-order chi connectivity index (χ1) is 9.13. The summed E-state index contributed by atoms with van der Waals surface area (Å²) in [6, 6.07) is 10.5. The number of halogens is 1. The third-order valence-corrected chi connectivity index (χ3v) is 3.19. The number of aromatic hydroxyl groups is 1. The van der Waals surface area contributed by atoms with E-state index in [0.29, 0.717) is 5.02 Å². The van der Waals surface area contributed by atoms with Crippen LogP contribution >= 0.6 is 11.6 Å². The maximum absolute atomic E-state index is 9.55. The summed E-state index contributed by atoms with van der Waals surface area (Å²) in [6.07, 6.45) is 1.66. The second-order valence-electron chi connectivity index (χ2n) is 4.17. The molecule has 4 nitrogen and oxygen atoms in total. The van der Waals surface area contributed by atoms with Crippen molar-refractivity contribution in [1.82, 2.24) is 9.97 Å². The molecule has 0 aliphatic heterocycles. The summed E-state index contributed by atoms with van der Waals surface area (Å²) in [5, 5.41) is 11.0. The minimum absolute atomic E-state index is 0.174. The van der Waals surface area contributed by atoms with Crippen molar-refractivity contribution in [2.24, 2.45) is 0 Å². The van der Waals surface area contributed by atoms with Gasteiger partial charge in [0.1, 0.15) is 5.75 Å². The predicted molar refractivity (Wildman–Crippen MR) is 76.1 cm³/mol. The molecule has 3 aromatic rings. The van der Waals surface area contributed by atoms with Crippen LogP contribution in [0.2, 0.25) is 5.02 Å². The van der Waals surface area contributed by atoms with Gasteiger partial charge in [-0.1, -0.05) is 17.7 Å². The summed E-state index contributed by atoms with van der Waals surface area (Å²) in [5.74, 6) is 0.420. The molecular weight excluding hydrogens is 262 g/mol. The van der Waals surface area contributed by atoms with E-state index in [0.717, 1.165) is 22.0 Å². The second-order valence-corrected chi connectivity index (χ2v) is 4.57. The largest absolute Gasteiger partial charge is 0.508 e. The van der Waals surface area contributed by atoms with Crippen LogP contribution in [0.4, 0.5) is 5.95 Å². The number of phenolic OH excluding ortho intramolecular Hbond substituents is 1. The Hall–Kier alpha value is -2.33. The lowest BCUT2D eigenvalue weighted by Crippen LogP contribution is -1.94. The number of phenols is 1. The van der Waals surface area contributed by atoms with Crippen LogP contribution in [0.5, 0.6) is 5.75 Å². The smallest absolute Gasteiger partial charge is 0.220 e. The van der Waals surface area contributed by atoms with Crippen molar-refractivity contribution < 1.29 is 5.11 Å². The fourth-order valence-electron chi connectivity index (χ4n) is 1.95. The van der Waals surface area contributed by atoms with Crippen LogP contribution in [0.1, 0.15) is 0 Å². The SMILES string of the molecule is Nc1ncc2cc(-c3cc(O)ccc3Cl)ccc2n1. The van der Waals surface area contributed by atoms with Gasteiger partial charge in [-0.05, 0) is 35.9 Å². The minimum Gasteiger partial charge on any atom is -0.508 e. The van der Waals surface area contributed by atoms with E-state index < -0.39 is 0 Å². The molecule has 94 valence electrons. The van der Waals surface area contributed by atoms with E-state index in [9.17, 15) is 5.11 Å². The number of hydrogen-bond acceptors (Lipinski definition) is 4. The first-order valence-electron chi connectivity index (χ1n) is 5.65. The van der Waals surface area contributed by atoms with Crippen molar-refractivity contribution in [3.05, 3.63) is 47.6 Å². The van der Waals surface area contributed by atoms with Crippen molar-refractivity contribution in [3.63, 3.8) is 0 Å². The molecule has 0 bridgehead atoms. The van der Waals surface area contributed by atoms with Crippen molar-refractivity contribution in [2.75, 3.05) is 5.73 Å². The highest BCUT2D eigenvalue weighted by Gasteiger charge is 2.06. The summed E-state index contributed by atoms with van der Waals surface area (Å²) < 4.78 is 0. The first-order valence-corrected chi connectivity index (χ1v) is 6.02. The van der Waals surface area contributed by atoms with E-state index in [4.69, 9.17) is 17.3 Å². The van der Waals surface area contributed by atoms with E-state index in [1.165, 1.54) is 0 Å². The molecule has 0 aliphatic rings. The zero-order valence-corrected chi connectivity index (χ0v) is 10.6. The third-order valence-electron chi connectivity index (χ3n) is 2.86. The molecule has 0 saturated carbocycles. The van der Waals surface area contributed by atoms with Crippen molar-refractivity contribution in [2.45, 2.75) is 0 Å². The van der Waals surface area contributed by atoms with Crippen LogP contribution < -0.4 is 5.73 Å². The van der Waals surface area contributed by atoms with E-state index in [-0.39, 0.29) is 11.7 Å². The summed E-state index contributed by atoms with van der Waals surface area (Å²) in [4.78, 5) is 8.10. The quantitative estimate of drug-likeness (QED) is 0.713. The lowest BCUT2D eigenvalue weighted by atomic mass is 10.0. The Bertz CT molecular complexity index is 774. The number of hydrogen-bond donors (Lipinski definition) is 2. The number of fused-ring (bicyclic) bond motifs is 1. The number of nitrogens with two attached hydrogens (primary N) is 1. The van der Waals surface area contributed by atoms with Gasteiger partial charge in [0.2, 0.25) is 5.95 Å². The van der Waals surface area contributed by atoms with Crippen LogP contribution in [0.3, 0.4) is 0 Å². The van der Waals surface area contributed by atoms with E-state index in [1.807, 2.05) is 18.2 Å². The maximum atomic E-state index is 9.55. The van der Waals surface area contributed by atoms with Gasteiger partial charge in [0.15, 0.2) is 0 Å². The molecule has 1 aromatic heterocycles. The highest BCUT2D eigenvalue weighted by atomic mass is 35.5. The molecular formula is C14H10ClN3O. The number of benzene rings is 2. The van der Waals surface area contributed by atoms with E-state index >= 15 is 0 Å². The van der Waals surface area contributed by atoms with E-state index in [1.54, 1.807) is 24.4 Å². The van der Waals surface area contributed by atoms with Crippen molar-refractivity contribution in [1.29, 1.82) is 0 Å². The molecule has 1 heterocycles. The fourth-order valence-corrected chi connectivity index (χ4v) is 2.18. The van der Waals surface area contributed by atoms with Gasteiger partial charge in [-0.2, -0.15) is 0 Å². The predicted octanol–water partition coefficient (Wildman–Crippen LogP) is 3.24. The normalized spacial score (nSPS) is 10.8. The Morgan fingerprint density at radius 1 is 1.11 bits per heavy atom. The van der Waals surface area contributed by atoms with Gasteiger partial charge in [0, 0.05) is 22.2 Å². The van der Waals surface area contributed by atoms with Crippen LogP contribution in [-0.2, 0) is 0 Å². The minimum atomic E-state index is 0.174.